The van der Waals surface area contributed by atoms with Gasteiger partial charge in [0.2, 0.25) is 0 Å². The summed E-state index contributed by atoms with van der Waals surface area (Å²) in [6, 6.07) is 18.7. The summed E-state index contributed by atoms with van der Waals surface area (Å²) >= 11 is 0. The van der Waals surface area contributed by atoms with Crippen molar-refractivity contribution < 1.29 is 23.9 Å². The van der Waals surface area contributed by atoms with Gasteiger partial charge in [-0.3, -0.25) is 19.4 Å². The van der Waals surface area contributed by atoms with Crippen molar-refractivity contribution in [2.75, 3.05) is 26.3 Å². The van der Waals surface area contributed by atoms with Crippen LogP contribution >= 0.6 is 0 Å². The van der Waals surface area contributed by atoms with E-state index in [1.807, 2.05) is 48.5 Å². The van der Waals surface area contributed by atoms with Crippen LogP contribution in [-0.2, 0) is 19.1 Å². The molecule has 174 valence electrons. The van der Waals surface area contributed by atoms with Crippen LogP contribution in [0.2, 0.25) is 0 Å². The first kappa shape index (κ1) is 32.9. The third-order valence-corrected chi connectivity index (χ3v) is 2.97. The minimum absolute atomic E-state index is 0. The Bertz CT molecular complexity index is 760. The third-order valence-electron chi connectivity index (χ3n) is 2.97. The molecular weight excluding hydrogens is 408 g/mol. The Hall–Kier alpha value is -3.76. The summed E-state index contributed by atoms with van der Waals surface area (Å²) in [7, 11) is 0. The van der Waals surface area contributed by atoms with Gasteiger partial charge in [0, 0.05) is 11.8 Å². The average molecular weight is 443 g/mol. The van der Waals surface area contributed by atoms with Crippen molar-refractivity contribution in [1.82, 2.24) is 0 Å². The quantitative estimate of drug-likeness (QED) is 0.304. The zero-order valence-electron chi connectivity index (χ0n) is 18.0. The number of nitrogens with two attached hydrogens (primary N) is 1. The molecule has 0 saturated carbocycles. The summed E-state index contributed by atoms with van der Waals surface area (Å²) in [5.41, 5.74) is 6.60. The number of aldehydes is 1. The summed E-state index contributed by atoms with van der Waals surface area (Å²) in [5.74, 6) is -0.637. The summed E-state index contributed by atoms with van der Waals surface area (Å²) in [6.45, 7) is 4.40. The molecule has 2 aromatic rings. The predicted molar refractivity (Wildman–Crippen MR) is 130 cm³/mol. The molecule has 0 aliphatic heterocycles. The van der Waals surface area contributed by atoms with Crippen LogP contribution in [0.3, 0.4) is 0 Å². The highest BCUT2D eigenvalue weighted by atomic mass is 16.5. The first-order valence-electron chi connectivity index (χ1n) is 9.47. The number of ether oxygens (including phenoxy) is 2. The van der Waals surface area contributed by atoms with E-state index in [1.165, 1.54) is 0 Å². The summed E-state index contributed by atoms with van der Waals surface area (Å²) in [6.07, 6.45) is 10.5. The molecule has 0 spiro atoms. The number of carbonyl (C=O) groups excluding carboxylic acids is 3. The lowest BCUT2D eigenvalue weighted by molar-refractivity contribution is -0.142. The van der Waals surface area contributed by atoms with E-state index >= 15 is 0 Å². The highest BCUT2D eigenvalue weighted by Gasteiger charge is 1.96. The maximum Gasteiger partial charge on any atom is 0.327 e. The number of carbonyl (C=O) groups is 3. The van der Waals surface area contributed by atoms with Crippen molar-refractivity contribution >= 4 is 24.4 Å². The standard InChI is InChI=1S/C11H13NO2.C7H6O.C4H9NO2.C2H2.CH4/c1-2-14-11(13)9-12-8-10-6-4-3-5-7-10;8-6-7-4-2-1-3-5-7;1-2-7-4(6)3-5;1-2;/h3-8H,2,9H2,1H3;1-6H;2-3,5H2,1H3;1-2H;1H4. The van der Waals surface area contributed by atoms with Crippen LogP contribution in [0.25, 0.3) is 0 Å². The van der Waals surface area contributed by atoms with E-state index in [1.54, 1.807) is 32.2 Å². The summed E-state index contributed by atoms with van der Waals surface area (Å²) in [5, 5.41) is 0. The van der Waals surface area contributed by atoms with Crippen LogP contribution in [0, 0.1) is 12.8 Å². The predicted octanol–water partition coefficient (Wildman–Crippen LogP) is 3.56. The Kier molecular flexibility index (Phi) is 26.0. The Morgan fingerprint density at radius 1 is 0.875 bits per heavy atom. The Morgan fingerprint density at radius 3 is 1.66 bits per heavy atom. The Balaban J connectivity index is -0.000000401. The molecule has 0 amide bonds. The second-order valence-corrected chi connectivity index (χ2v) is 5.22. The topological polar surface area (TPSA) is 108 Å². The molecule has 0 fully saturated rings. The number of rotatable bonds is 7. The highest BCUT2D eigenvalue weighted by molar-refractivity contribution is 5.82. The number of hydrogen-bond acceptors (Lipinski definition) is 7. The van der Waals surface area contributed by atoms with Gasteiger partial charge < -0.3 is 15.2 Å². The van der Waals surface area contributed by atoms with Gasteiger partial charge in [-0.2, -0.15) is 0 Å². The van der Waals surface area contributed by atoms with Gasteiger partial charge in [0.05, 0.1) is 19.8 Å². The summed E-state index contributed by atoms with van der Waals surface area (Å²) in [4.78, 5) is 34.9. The van der Waals surface area contributed by atoms with Crippen molar-refractivity contribution in [3.05, 3.63) is 71.8 Å². The number of aliphatic imine (C=N–C) groups is 1. The van der Waals surface area contributed by atoms with Gasteiger partial charge in [-0.15, -0.1) is 12.8 Å². The lowest BCUT2D eigenvalue weighted by atomic mass is 10.2. The smallest absolute Gasteiger partial charge is 0.327 e. The Labute approximate surface area is 191 Å². The van der Waals surface area contributed by atoms with E-state index in [-0.39, 0.29) is 32.5 Å². The number of nitrogens with zero attached hydrogens (tertiary/aromatic N) is 1. The maximum absolute atomic E-state index is 10.9. The number of hydrogen-bond donors (Lipinski definition) is 1. The fourth-order valence-electron chi connectivity index (χ4n) is 1.72. The molecule has 0 saturated heterocycles. The molecule has 2 N–H and O–H groups in total. The second kappa shape index (κ2) is 25.3. The number of benzene rings is 2. The molecule has 0 bridgehead atoms. The van der Waals surface area contributed by atoms with Gasteiger partial charge in [-0.05, 0) is 19.4 Å². The molecule has 2 rings (SSSR count). The summed E-state index contributed by atoms with van der Waals surface area (Å²) < 4.78 is 9.15. The van der Waals surface area contributed by atoms with Crippen LogP contribution in [0.5, 0.6) is 0 Å². The number of esters is 2. The lowest BCUT2D eigenvalue weighted by Crippen LogP contribution is -2.16. The van der Waals surface area contributed by atoms with Crippen LogP contribution < -0.4 is 5.73 Å². The zero-order chi connectivity index (χ0) is 23.7. The molecule has 0 radical (unpaired) electrons. The van der Waals surface area contributed by atoms with Gasteiger partial charge in [0.25, 0.3) is 0 Å². The van der Waals surface area contributed by atoms with Gasteiger partial charge in [0.1, 0.15) is 12.8 Å². The van der Waals surface area contributed by atoms with Gasteiger partial charge in [-0.25, -0.2) is 0 Å². The molecule has 0 atom stereocenters. The first-order valence-corrected chi connectivity index (χ1v) is 9.47. The number of terminal acetylenes is 1. The fourth-order valence-corrected chi connectivity index (χ4v) is 1.72. The average Bonchev–Trinajstić information content (AvgIpc) is 2.83. The van der Waals surface area contributed by atoms with Crippen LogP contribution in [-0.4, -0.2) is 50.7 Å². The minimum atomic E-state index is -0.345. The highest BCUT2D eigenvalue weighted by Crippen LogP contribution is 1.94. The molecule has 0 unspecified atom stereocenters. The van der Waals surface area contributed by atoms with Crippen molar-refractivity contribution in [3.63, 3.8) is 0 Å². The van der Waals surface area contributed by atoms with Crippen molar-refractivity contribution in [2.24, 2.45) is 10.7 Å². The molecule has 7 heteroatoms. The van der Waals surface area contributed by atoms with Gasteiger partial charge in [0.15, 0.2) is 0 Å². The van der Waals surface area contributed by atoms with E-state index in [4.69, 9.17) is 10.5 Å². The molecule has 7 nitrogen and oxygen atoms in total. The largest absolute Gasteiger partial charge is 0.465 e. The van der Waals surface area contributed by atoms with E-state index < -0.39 is 0 Å². The van der Waals surface area contributed by atoms with E-state index in [0.29, 0.717) is 13.2 Å². The normalized spacial score (nSPS) is 8.53. The van der Waals surface area contributed by atoms with E-state index in [0.717, 1.165) is 17.4 Å². The van der Waals surface area contributed by atoms with E-state index in [2.05, 4.69) is 22.6 Å². The van der Waals surface area contributed by atoms with Crippen molar-refractivity contribution in [3.8, 4) is 12.8 Å². The van der Waals surface area contributed by atoms with Gasteiger partial charge >= 0.3 is 11.9 Å². The molecule has 0 aliphatic rings. The molecule has 2 aromatic carbocycles. The first-order chi connectivity index (χ1) is 15.1. The van der Waals surface area contributed by atoms with Crippen LogP contribution in [0.15, 0.2) is 65.7 Å². The molecule has 0 aromatic heterocycles. The second-order valence-electron chi connectivity index (χ2n) is 5.22. The van der Waals surface area contributed by atoms with Gasteiger partial charge in [-0.1, -0.05) is 68.1 Å². The molecule has 32 heavy (non-hydrogen) atoms. The Morgan fingerprint density at radius 2 is 1.31 bits per heavy atom. The molecular formula is C25H34N2O5. The zero-order valence-corrected chi connectivity index (χ0v) is 18.0. The van der Waals surface area contributed by atoms with Crippen molar-refractivity contribution in [1.29, 1.82) is 0 Å². The van der Waals surface area contributed by atoms with Crippen molar-refractivity contribution in [2.45, 2.75) is 21.3 Å². The monoisotopic (exact) mass is 442 g/mol. The fraction of sp³-hybridized carbons (Fsp3) is 0.280. The lowest BCUT2D eigenvalue weighted by Gasteiger charge is -1.96. The van der Waals surface area contributed by atoms with E-state index in [9.17, 15) is 14.4 Å². The maximum atomic E-state index is 10.9. The third kappa shape index (κ3) is 21.0. The SMILES string of the molecule is C.C#C.CCOC(=O)CN.CCOC(=O)CN=Cc1ccccc1.O=Cc1ccccc1. The van der Waals surface area contributed by atoms with Crippen LogP contribution in [0.1, 0.15) is 37.2 Å². The minimum Gasteiger partial charge on any atom is -0.465 e. The molecule has 0 heterocycles. The molecule has 0 aliphatic carbocycles. The van der Waals surface area contributed by atoms with Crippen LogP contribution in [0.4, 0.5) is 0 Å².